The highest BCUT2D eigenvalue weighted by atomic mass is 19.1. The summed E-state index contributed by atoms with van der Waals surface area (Å²) in [5.74, 6) is -0.246. The second-order valence-electron chi connectivity index (χ2n) is 8.13. The molecule has 2 fully saturated rings. The predicted molar refractivity (Wildman–Crippen MR) is 111 cm³/mol. The molecule has 1 atom stereocenters. The Balaban J connectivity index is 1.44. The SMILES string of the molecule is O=C1CN(C(=O)C2CC2)C[C@H](OCc2cccc(F)c2)CN1CCc1ccccc1. The normalized spacial score (nSPS) is 19.6. The summed E-state index contributed by atoms with van der Waals surface area (Å²) in [4.78, 5) is 29.0. The van der Waals surface area contributed by atoms with Crippen LogP contribution in [0.1, 0.15) is 24.0 Å². The van der Waals surface area contributed by atoms with Gasteiger partial charge >= 0.3 is 0 Å². The highest BCUT2D eigenvalue weighted by Crippen LogP contribution is 2.31. The molecule has 2 aromatic rings. The van der Waals surface area contributed by atoms with Crippen LogP contribution in [-0.2, 0) is 27.4 Å². The standard InChI is InChI=1S/C24H27FN2O3/c25-21-8-4-7-19(13-21)17-30-22-14-26(12-11-18-5-2-1-3-6-18)23(28)16-27(15-22)24(29)20-9-10-20/h1-8,13,20,22H,9-12,14-17H2/t22-/m1/s1. The first-order valence-corrected chi connectivity index (χ1v) is 10.5. The van der Waals surface area contributed by atoms with Crippen molar-refractivity contribution in [2.75, 3.05) is 26.2 Å². The topological polar surface area (TPSA) is 49.9 Å². The van der Waals surface area contributed by atoms with Gasteiger partial charge < -0.3 is 14.5 Å². The second kappa shape index (κ2) is 9.39. The van der Waals surface area contributed by atoms with Gasteiger partial charge in [0.2, 0.25) is 11.8 Å². The molecule has 1 aliphatic heterocycles. The van der Waals surface area contributed by atoms with Crippen LogP contribution in [0, 0.1) is 11.7 Å². The lowest BCUT2D eigenvalue weighted by molar-refractivity contribution is -0.139. The van der Waals surface area contributed by atoms with Crippen LogP contribution in [0.15, 0.2) is 54.6 Å². The van der Waals surface area contributed by atoms with Gasteiger partial charge in [0.05, 0.1) is 19.3 Å². The van der Waals surface area contributed by atoms with Crippen molar-refractivity contribution in [2.24, 2.45) is 5.92 Å². The molecule has 30 heavy (non-hydrogen) atoms. The van der Waals surface area contributed by atoms with Crippen molar-refractivity contribution in [1.29, 1.82) is 0 Å². The number of rotatable bonds is 7. The minimum atomic E-state index is -0.307. The average Bonchev–Trinajstić information content (AvgIpc) is 3.60. The molecule has 2 aromatic carbocycles. The molecule has 2 aliphatic rings. The first-order valence-electron chi connectivity index (χ1n) is 10.5. The Bertz CT molecular complexity index is 885. The van der Waals surface area contributed by atoms with E-state index in [-0.39, 0.29) is 42.8 Å². The van der Waals surface area contributed by atoms with E-state index in [0.717, 1.165) is 30.4 Å². The zero-order valence-electron chi connectivity index (χ0n) is 17.0. The van der Waals surface area contributed by atoms with E-state index in [1.54, 1.807) is 15.9 Å². The lowest BCUT2D eigenvalue weighted by Crippen LogP contribution is -2.40. The third-order valence-electron chi connectivity index (χ3n) is 5.65. The van der Waals surface area contributed by atoms with E-state index in [0.29, 0.717) is 19.6 Å². The first-order chi connectivity index (χ1) is 14.6. The summed E-state index contributed by atoms with van der Waals surface area (Å²) in [7, 11) is 0. The summed E-state index contributed by atoms with van der Waals surface area (Å²) in [5, 5.41) is 0. The van der Waals surface area contributed by atoms with E-state index < -0.39 is 0 Å². The predicted octanol–water partition coefficient (Wildman–Crippen LogP) is 3.03. The number of carbonyl (C=O) groups excluding carboxylic acids is 2. The number of hydrogen-bond acceptors (Lipinski definition) is 3. The zero-order chi connectivity index (χ0) is 20.9. The molecule has 0 aromatic heterocycles. The monoisotopic (exact) mass is 410 g/mol. The van der Waals surface area contributed by atoms with E-state index in [2.05, 4.69) is 0 Å². The molecule has 0 unspecified atom stereocenters. The number of halogens is 1. The number of ether oxygens (including phenoxy) is 1. The van der Waals surface area contributed by atoms with Crippen LogP contribution in [0.5, 0.6) is 0 Å². The van der Waals surface area contributed by atoms with Gasteiger partial charge in [-0.15, -0.1) is 0 Å². The fourth-order valence-electron chi connectivity index (χ4n) is 3.81. The quantitative estimate of drug-likeness (QED) is 0.705. The number of hydrogen-bond donors (Lipinski definition) is 0. The number of amides is 2. The molecule has 1 saturated carbocycles. The molecule has 4 rings (SSSR count). The lowest BCUT2D eigenvalue weighted by Gasteiger charge is -2.25. The molecule has 5 nitrogen and oxygen atoms in total. The maximum Gasteiger partial charge on any atom is 0.242 e. The minimum Gasteiger partial charge on any atom is -0.370 e. The number of nitrogens with zero attached hydrogens (tertiary/aromatic N) is 2. The third-order valence-corrected chi connectivity index (χ3v) is 5.65. The van der Waals surface area contributed by atoms with Crippen molar-refractivity contribution in [3.05, 3.63) is 71.5 Å². The average molecular weight is 410 g/mol. The van der Waals surface area contributed by atoms with Crippen molar-refractivity contribution in [1.82, 2.24) is 9.80 Å². The Hall–Kier alpha value is -2.73. The van der Waals surface area contributed by atoms with Crippen LogP contribution in [0.25, 0.3) is 0 Å². The number of carbonyl (C=O) groups is 2. The summed E-state index contributed by atoms with van der Waals surface area (Å²) in [5.41, 5.74) is 1.90. The number of benzene rings is 2. The van der Waals surface area contributed by atoms with Crippen LogP contribution in [0.2, 0.25) is 0 Å². The van der Waals surface area contributed by atoms with Crippen LogP contribution >= 0.6 is 0 Å². The summed E-state index contributed by atoms with van der Waals surface area (Å²) < 4.78 is 19.5. The lowest BCUT2D eigenvalue weighted by atomic mass is 10.1. The van der Waals surface area contributed by atoms with Crippen molar-refractivity contribution in [3.63, 3.8) is 0 Å². The summed E-state index contributed by atoms with van der Waals surface area (Å²) in [6, 6.07) is 16.3. The van der Waals surface area contributed by atoms with Crippen LogP contribution < -0.4 is 0 Å². The van der Waals surface area contributed by atoms with E-state index in [4.69, 9.17) is 4.74 Å². The highest BCUT2D eigenvalue weighted by Gasteiger charge is 2.37. The highest BCUT2D eigenvalue weighted by molar-refractivity contribution is 5.87. The summed E-state index contributed by atoms with van der Waals surface area (Å²) in [6.45, 7) is 1.74. The fourth-order valence-corrected chi connectivity index (χ4v) is 3.81. The van der Waals surface area contributed by atoms with Crippen molar-refractivity contribution in [3.8, 4) is 0 Å². The molecular formula is C24H27FN2O3. The zero-order valence-corrected chi connectivity index (χ0v) is 17.0. The van der Waals surface area contributed by atoms with E-state index in [1.807, 2.05) is 36.4 Å². The molecule has 0 spiro atoms. The van der Waals surface area contributed by atoms with Gasteiger partial charge in [0, 0.05) is 25.6 Å². The van der Waals surface area contributed by atoms with Gasteiger partial charge in [0.1, 0.15) is 5.82 Å². The molecule has 1 heterocycles. The van der Waals surface area contributed by atoms with Crippen LogP contribution in [0.3, 0.4) is 0 Å². The van der Waals surface area contributed by atoms with Crippen molar-refractivity contribution in [2.45, 2.75) is 32.0 Å². The van der Waals surface area contributed by atoms with Crippen molar-refractivity contribution < 1.29 is 18.7 Å². The molecule has 0 bridgehead atoms. The van der Waals surface area contributed by atoms with Gasteiger partial charge in [-0.2, -0.15) is 0 Å². The Kier molecular flexibility index (Phi) is 6.43. The maximum atomic E-state index is 13.5. The van der Waals surface area contributed by atoms with Gasteiger partial charge in [-0.1, -0.05) is 42.5 Å². The molecule has 158 valence electrons. The molecule has 6 heteroatoms. The van der Waals surface area contributed by atoms with Crippen LogP contribution in [0.4, 0.5) is 4.39 Å². The third kappa shape index (κ3) is 5.45. The summed E-state index contributed by atoms with van der Waals surface area (Å²) in [6.07, 6.45) is 2.24. The van der Waals surface area contributed by atoms with Gasteiger partial charge in [-0.25, -0.2) is 4.39 Å². The van der Waals surface area contributed by atoms with Gasteiger partial charge in [0.25, 0.3) is 0 Å². The molecular weight excluding hydrogens is 383 g/mol. The van der Waals surface area contributed by atoms with Gasteiger partial charge in [0.15, 0.2) is 0 Å². The van der Waals surface area contributed by atoms with Gasteiger partial charge in [-0.05, 0) is 42.5 Å². The first kappa shape index (κ1) is 20.5. The smallest absolute Gasteiger partial charge is 0.242 e. The molecule has 1 aliphatic carbocycles. The Labute approximate surface area is 176 Å². The fraction of sp³-hybridized carbons (Fsp3) is 0.417. The molecule has 1 saturated heterocycles. The Morgan fingerprint density at radius 2 is 1.80 bits per heavy atom. The van der Waals surface area contributed by atoms with E-state index in [9.17, 15) is 14.0 Å². The molecule has 2 amide bonds. The Morgan fingerprint density at radius 3 is 2.53 bits per heavy atom. The minimum absolute atomic E-state index is 0.0446. The molecule has 0 N–H and O–H groups in total. The van der Waals surface area contributed by atoms with Gasteiger partial charge in [-0.3, -0.25) is 9.59 Å². The second-order valence-corrected chi connectivity index (χ2v) is 8.13. The largest absolute Gasteiger partial charge is 0.370 e. The van der Waals surface area contributed by atoms with Crippen molar-refractivity contribution >= 4 is 11.8 Å². The summed E-state index contributed by atoms with van der Waals surface area (Å²) >= 11 is 0. The van der Waals surface area contributed by atoms with E-state index >= 15 is 0 Å². The Morgan fingerprint density at radius 1 is 1.03 bits per heavy atom. The van der Waals surface area contributed by atoms with Crippen LogP contribution in [-0.4, -0.2) is 53.9 Å². The molecule has 0 radical (unpaired) electrons. The maximum absolute atomic E-state index is 13.5. The van der Waals surface area contributed by atoms with E-state index in [1.165, 1.54) is 12.1 Å².